The van der Waals surface area contributed by atoms with E-state index in [2.05, 4.69) is 0 Å². The number of rotatable bonds is 4. The summed E-state index contributed by atoms with van der Waals surface area (Å²) in [5, 5.41) is 18.3. The van der Waals surface area contributed by atoms with Crippen LogP contribution in [0.5, 0.6) is 0 Å². The van der Waals surface area contributed by atoms with Crippen LogP contribution in [0.3, 0.4) is 0 Å². The zero-order valence-electron chi connectivity index (χ0n) is 9.89. The van der Waals surface area contributed by atoms with Crippen LogP contribution in [0.15, 0.2) is 28.9 Å². The van der Waals surface area contributed by atoms with Gasteiger partial charge in [0.05, 0.1) is 11.1 Å². The summed E-state index contributed by atoms with van der Waals surface area (Å²) in [7, 11) is 0. The van der Waals surface area contributed by atoms with Crippen molar-refractivity contribution in [2.24, 2.45) is 0 Å². The third-order valence-electron chi connectivity index (χ3n) is 2.70. The molecule has 6 heteroatoms. The first kappa shape index (κ1) is 13.9. The van der Waals surface area contributed by atoms with Crippen molar-refractivity contribution in [2.45, 2.75) is 19.4 Å². The van der Waals surface area contributed by atoms with Gasteiger partial charge in [-0.15, -0.1) is 0 Å². The number of allylic oxidation sites excluding steroid dienone is 1. The number of carbonyl (C=O) groups excluding carboxylic acids is 1. The molecule has 0 spiro atoms. The second-order valence-corrected chi connectivity index (χ2v) is 3.63. The Labute approximate surface area is 103 Å². The zero-order valence-corrected chi connectivity index (χ0v) is 9.89. The minimum Gasteiger partial charge on any atom is -0.479 e. The van der Waals surface area contributed by atoms with E-state index >= 15 is 0 Å². The average molecular weight is 252 g/mol. The fourth-order valence-electron chi connectivity index (χ4n) is 1.83. The van der Waals surface area contributed by atoms with Gasteiger partial charge in [-0.1, -0.05) is 0 Å². The first-order valence-electron chi connectivity index (χ1n) is 5.17. The largest absolute Gasteiger partial charge is 0.479 e. The van der Waals surface area contributed by atoms with Gasteiger partial charge in [0.25, 0.3) is 0 Å². The molecule has 1 atom stereocenters. The highest BCUT2D eigenvalue weighted by Gasteiger charge is 2.44. The first-order chi connectivity index (χ1) is 8.40. The van der Waals surface area contributed by atoms with Gasteiger partial charge in [-0.05, 0) is 31.6 Å². The van der Waals surface area contributed by atoms with E-state index in [1.807, 2.05) is 0 Å². The lowest BCUT2D eigenvalue weighted by Crippen LogP contribution is -2.43. The molecule has 0 heterocycles. The van der Waals surface area contributed by atoms with Crippen LogP contribution < -0.4 is 0 Å². The maximum absolute atomic E-state index is 11.3. The van der Waals surface area contributed by atoms with E-state index in [1.165, 1.54) is 12.9 Å². The molecule has 6 nitrogen and oxygen atoms in total. The summed E-state index contributed by atoms with van der Waals surface area (Å²) in [5.74, 6) is -1.24. The van der Waals surface area contributed by atoms with Crippen molar-refractivity contribution in [1.82, 2.24) is 0 Å². The van der Waals surface area contributed by atoms with E-state index in [0.29, 0.717) is 0 Å². The molecule has 2 N–H and O–H groups in total. The molecule has 1 aliphatic carbocycles. The zero-order chi connectivity index (χ0) is 13.9. The molecule has 0 aromatic rings. The maximum atomic E-state index is 11.3. The van der Waals surface area contributed by atoms with E-state index in [1.54, 1.807) is 6.92 Å². The second kappa shape index (κ2) is 5.00. The second-order valence-electron chi connectivity index (χ2n) is 3.63. The average Bonchev–Trinajstić information content (AvgIpc) is 2.30. The molecule has 18 heavy (non-hydrogen) atoms. The van der Waals surface area contributed by atoms with Crippen LogP contribution in [0, 0.1) is 0 Å². The summed E-state index contributed by atoms with van der Waals surface area (Å²) >= 11 is 0. The third-order valence-corrected chi connectivity index (χ3v) is 2.70. The number of carboxylic acid groups (broad SMARTS) is 2. The van der Waals surface area contributed by atoms with Gasteiger partial charge in [0.1, 0.15) is 5.94 Å². The topological polar surface area (TPSA) is 101 Å². The van der Waals surface area contributed by atoms with Gasteiger partial charge >= 0.3 is 11.9 Å². The molecule has 0 saturated heterocycles. The molecule has 0 amide bonds. The number of aliphatic carboxylic acids is 2. The fourth-order valence-corrected chi connectivity index (χ4v) is 1.83. The molecule has 0 aromatic heterocycles. The Hall–Kier alpha value is -2.17. The van der Waals surface area contributed by atoms with Gasteiger partial charge in [-0.25, -0.2) is 14.4 Å². The molecule has 0 aliphatic heterocycles. The predicted octanol–water partition coefficient (Wildman–Crippen LogP) is 0.575. The lowest BCUT2D eigenvalue weighted by Gasteiger charge is -2.30. The maximum Gasteiger partial charge on any atom is 0.344 e. The first-order valence-corrected chi connectivity index (χ1v) is 5.17. The molecule has 96 valence electrons. The summed E-state index contributed by atoms with van der Waals surface area (Å²) < 4.78 is 5.17. The monoisotopic (exact) mass is 252 g/mol. The van der Waals surface area contributed by atoms with Crippen LogP contribution in [-0.2, 0) is 19.1 Å². The van der Waals surface area contributed by atoms with Crippen LogP contribution in [0.25, 0.3) is 0 Å². The van der Waals surface area contributed by atoms with Gasteiger partial charge in [-0.2, -0.15) is 0 Å². The van der Waals surface area contributed by atoms with Crippen molar-refractivity contribution in [3.63, 3.8) is 0 Å². The Morgan fingerprint density at radius 2 is 2.06 bits per heavy atom. The molecule has 0 fully saturated rings. The van der Waals surface area contributed by atoms with Crippen molar-refractivity contribution in [1.29, 1.82) is 0 Å². The van der Waals surface area contributed by atoms with E-state index in [4.69, 9.17) is 9.84 Å². The Kier molecular flexibility index (Phi) is 3.86. The van der Waals surface area contributed by atoms with Crippen LogP contribution >= 0.6 is 0 Å². The summed E-state index contributed by atoms with van der Waals surface area (Å²) in [6, 6.07) is 0. The molecule has 0 bridgehead atoms. The number of hydrogen-bond acceptors (Lipinski definition) is 4. The molecular formula is C12H12O6. The minimum absolute atomic E-state index is 0.0507. The van der Waals surface area contributed by atoms with E-state index in [-0.39, 0.29) is 23.3 Å². The van der Waals surface area contributed by atoms with E-state index < -0.39 is 17.5 Å². The highest BCUT2D eigenvalue weighted by Crippen LogP contribution is 2.34. The van der Waals surface area contributed by atoms with Gasteiger partial charge in [-0.3, -0.25) is 0 Å². The van der Waals surface area contributed by atoms with Crippen LogP contribution in [0.2, 0.25) is 0 Å². The van der Waals surface area contributed by atoms with Crippen molar-refractivity contribution in [3.05, 3.63) is 28.9 Å². The standard InChI is InChI=1S/C12H12O6/c1-3-18-12(11(16)17)5-4-8(6-13)9(7(12)2)10(14)15/h4-5H,3H2,1-2H3,(H,14,15)(H,16,17). The normalized spacial score (nSPS) is 22.9. The summed E-state index contributed by atoms with van der Waals surface area (Å²) in [4.78, 5) is 33.1. The van der Waals surface area contributed by atoms with Crippen LogP contribution in [-0.4, -0.2) is 40.3 Å². The van der Waals surface area contributed by atoms with Gasteiger partial charge < -0.3 is 14.9 Å². The lowest BCUT2D eigenvalue weighted by molar-refractivity contribution is -0.155. The molecule has 1 unspecified atom stereocenters. The quantitative estimate of drug-likeness (QED) is 0.709. The smallest absolute Gasteiger partial charge is 0.344 e. The van der Waals surface area contributed by atoms with Gasteiger partial charge in [0.2, 0.25) is 5.60 Å². The molecule has 1 rings (SSSR count). The molecular weight excluding hydrogens is 240 g/mol. The van der Waals surface area contributed by atoms with Crippen LogP contribution in [0.4, 0.5) is 0 Å². The van der Waals surface area contributed by atoms with Gasteiger partial charge in [0, 0.05) is 6.61 Å². The van der Waals surface area contributed by atoms with Crippen molar-refractivity contribution < 1.29 is 29.3 Å². The summed E-state index contributed by atoms with van der Waals surface area (Å²) in [6.45, 7) is 2.99. The van der Waals surface area contributed by atoms with Crippen LogP contribution in [0.1, 0.15) is 13.8 Å². The predicted molar refractivity (Wildman–Crippen MR) is 60.7 cm³/mol. The minimum atomic E-state index is -1.84. The third kappa shape index (κ3) is 1.99. The van der Waals surface area contributed by atoms with E-state index in [0.717, 1.165) is 12.2 Å². The SMILES string of the molecule is CCOC1(C(=O)O)C=CC(=C=O)C(C(=O)O)=C1C. The van der Waals surface area contributed by atoms with E-state index in [9.17, 15) is 19.5 Å². The Morgan fingerprint density at radius 1 is 1.44 bits per heavy atom. The Balaban J connectivity index is 3.54. The van der Waals surface area contributed by atoms with Crippen molar-refractivity contribution >= 4 is 17.9 Å². The number of carbonyl (C=O) groups is 2. The number of hydrogen-bond donors (Lipinski definition) is 2. The molecule has 0 saturated carbocycles. The lowest BCUT2D eigenvalue weighted by atomic mass is 9.82. The summed E-state index contributed by atoms with van der Waals surface area (Å²) in [5.41, 5.74) is -2.48. The summed E-state index contributed by atoms with van der Waals surface area (Å²) in [6.07, 6.45) is 2.26. The highest BCUT2D eigenvalue weighted by molar-refractivity contribution is 6.01. The highest BCUT2D eigenvalue weighted by atomic mass is 16.5. The number of ether oxygens (including phenoxy) is 1. The fraction of sp³-hybridized carbons (Fsp3) is 0.333. The molecule has 0 aromatic carbocycles. The van der Waals surface area contributed by atoms with Gasteiger partial charge in [0.15, 0.2) is 0 Å². The van der Waals surface area contributed by atoms with Crippen molar-refractivity contribution in [3.8, 4) is 0 Å². The Morgan fingerprint density at radius 3 is 2.44 bits per heavy atom. The molecule has 1 aliphatic rings. The number of carboxylic acids is 2. The van der Waals surface area contributed by atoms with Crippen molar-refractivity contribution in [2.75, 3.05) is 6.61 Å². The molecule has 0 radical (unpaired) electrons. The Bertz CT molecular complexity index is 507.